The van der Waals surface area contributed by atoms with Gasteiger partial charge in [-0.2, -0.15) is 0 Å². The van der Waals surface area contributed by atoms with E-state index in [1.54, 1.807) is 0 Å². The zero-order valence-corrected chi connectivity index (χ0v) is 7.27. The summed E-state index contributed by atoms with van der Waals surface area (Å²) in [6.07, 6.45) is 2.08. The van der Waals surface area contributed by atoms with Crippen LogP contribution < -0.4 is 11.5 Å². The molecule has 1 saturated carbocycles. The first-order valence-corrected chi connectivity index (χ1v) is 4.30. The van der Waals surface area contributed by atoms with E-state index in [2.05, 4.69) is 0 Å². The number of rotatable bonds is 5. The Morgan fingerprint density at radius 1 is 1.46 bits per heavy atom. The molecule has 0 aliphatic heterocycles. The molecule has 0 aromatic carbocycles. The highest BCUT2D eigenvalue weighted by Gasteiger charge is 2.36. The van der Waals surface area contributed by atoms with E-state index < -0.39 is 17.9 Å². The zero-order valence-electron chi connectivity index (χ0n) is 7.27. The summed E-state index contributed by atoms with van der Waals surface area (Å²) in [5, 5.41) is 8.54. The minimum atomic E-state index is -1.08. The Labute approximate surface area is 76.1 Å². The summed E-state index contributed by atoms with van der Waals surface area (Å²) in [6.45, 7) is 0. The predicted molar refractivity (Wildman–Crippen MR) is 45.6 cm³/mol. The van der Waals surface area contributed by atoms with Gasteiger partial charge in [-0.25, -0.2) is 0 Å². The molecule has 13 heavy (non-hydrogen) atoms. The smallest absolute Gasteiger partial charge is 0.320 e. The van der Waals surface area contributed by atoms with E-state index in [9.17, 15) is 9.59 Å². The minimum Gasteiger partial charge on any atom is -0.480 e. The van der Waals surface area contributed by atoms with Crippen LogP contribution in [0.5, 0.6) is 0 Å². The van der Waals surface area contributed by atoms with Crippen molar-refractivity contribution < 1.29 is 14.7 Å². The third kappa shape index (κ3) is 2.69. The second-order valence-corrected chi connectivity index (χ2v) is 3.53. The van der Waals surface area contributed by atoms with Crippen molar-refractivity contribution >= 4 is 11.9 Å². The fourth-order valence-electron chi connectivity index (χ4n) is 1.41. The van der Waals surface area contributed by atoms with Crippen molar-refractivity contribution in [2.45, 2.75) is 25.3 Å². The van der Waals surface area contributed by atoms with Gasteiger partial charge in [-0.15, -0.1) is 0 Å². The number of primary amides is 1. The van der Waals surface area contributed by atoms with Gasteiger partial charge in [-0.05, 0) is 25.2 Å². The van der Waals surface area contributed by atoms with Crippen LogP contribution >= 0.6 is 0 Å². The average Bonchev–Trinajstić information content (AvgIpc) is 2.81. The molecule has 1 amide bonds. The summed E-state index contributed by atoms with van der Waals surface area (Å²) in [6, 6.07) is -0.974. The first-order valence-electron chi connectivity index (χ1n) is 4.30. The number of carbonyl (C=O) groups excluding carboxylic acids is 1. The van der Waals surface area contributed by atoms with Crippen molar-refractivity contribution in [3.63, 3.8) is 0 Å². The van der Waals surface area contributed by atoms with E-state index in [-0.39, 0.29) is 18.3 Å². The van der Waals surface area contributed by atoms with Crippen LogP contribution in [0.2, 0.25) is 0 Å². The lowest BCUT2D eigenvalue weighted by atomic mass is 9.95. The molecule has 0 spiro atoms. The second kappa shape index (κ2) is 3.74. The van der Waals surface area contributed by atoms with Gasteiger partial charge in [-0.1, -0.05) is 0 Å². The molecule has 1 aliphatic rings. The van der Waals surface area contributed by atoms with E-state index in [4.69, 9.17) is 16.6 Å². The lowest BCUT2D eigenvalue weighted by Gasteiger charge is -2.14. The number of aliphatic carboxylic acids is 1. The number of hydrogen-bond donors (Lipinski definition) is 3. The monoisotopic (exact) mass is 186 g/mol. The van der Waals surface area contributed by atoms with Crippen LogP contribution in [0.25, 0.3) is 0 Å². The van der Waals surface area contributed by atoms with E-state index in [0.29, 0.717) is 0 Å². The highest BCUT2D eigenvalue weighted by atomic mass is 16.4. The maximum absolute atomic E-state index is 10.9. The van der Waals surface area contributed by atoms with Crippen molar-refractivity contribution in [2.75, 3.05) is 0 Å². The number of nitrogens with two attached hydrogens (primary N) is 2. The second-order valence-electron chi connectivity index (χ2n) is 3.53. The van der Waals surface area contributed by atoms with Crippen LogP contribution in [0.3, 0.4) is 0 Å². The van der Waals surface area contributed by atoms with Crippen LogP contribution in [-0.2, 0) is 9.59 Å². The molecular weight excluding hydrogens is 172 g/mol. The Hall–Kier alpha value is -1.10. The van der Waals surface area contributed by atoms with Gasteiger partial charge in [-0.3, -0.25) is 9.59 Å². The van der Waals surface area contributed by atoms with E-state index in [1.807, 2.05) is 0 Å². The minimum absolute atomic E-state index is 0.162. The van der Waals surface area contributed by atoms with Crippen LogP contribution in [-0.4, -0.2) is 23.0 Å². The van der Waals surface area contributed by atoms with Gasteiger partial charge in [0.05, 0.1) is 0 Å². The highest BCUT2D eigenvalue weighted by Crippen LogP contribution is 2.38. The Balaban J connectivity index is 2.47. The normalized spacial score (nSPS) is 20.7. The number of carboxylic acid groups (broad SMARTS) is 1. The molecule has 0 aromatic rings. The molecule has 74 valence electrons. The van der Waals surface area contributed by atoms with Gasteiger partial charge >= 0.3 is 5.97 Å². The number of carbonyl (C=O) groups is 2. The molecule has 1 aliphatic carbocycles. The quantitative estimate of drug-likeness (QED) is 0.527. The molecule has 0 heterocycles. The fourth-order valence-corrected chi connectivity index (χ4v) is 1.41. The Kier molecular flexibility index (Phi) is 2.87. The standard InChI is InChI=1S/C8H14N2O3/c9-6(8(12)13)3-5(7(10)11)4-1-2-4/h4-6H,1-3,9H2,(H2,10,11)(H,12,13)/t5?,6-/m0/s1. The molecule has 1 rings (SSSR count). The fraction of sp³-hybridized carbons (Fsp3) is 0.750. The van der Waals surface area contributed by atoms with Crippen molar-refractivity contribution in [3.8, 4) is 0 Å². The van der Waals surface area contributed by atoms with Gasteiger partial charge in [0.2, 0.25) is 5.91 Å². The largest absolute Gasteiger partial charge is 0.480 e. The Morgan fingerprint density at radius 3 is 2.31 bits per heavy atom. The van der Waals surface area contributed by atoms with Gasteiger partial charge in [0, 0.05) is 5.92 Å². The molecule has 0 saturated heterocycles. The zero-order chi connectivity index (χ0) is 10.0. The first kappa shape index (κ1) is 9.98. The van der Waals surface area contributed by atoms with E-state index in [1.165, 1.54) is 0 Å². The molecule has 5 heteroatoms. The van der Waals surface area contributed by atoms with E-state index >= 15 is 0 Å². The molecular formula is C8H14N2O3. The maximum atomic E-state index is 10.9. The van der Waals surface area contributed by atoms with Crippen molar-refractivity contribution in [3.05, 3.63) is 0 Å². The molecule has 0 aromatic heterocycles. The van der Waals surface area contributed by atoms with E-state index in [0.717, 1.165) is 12.8 Å². The summed E-state index contributed by atoms with van der Waals surface area (Å²) in [5.74, 6) is -1.60. The topological polar surface area (TPSA) is 106 Å². The average molecular weight is 186 g/mol. The van der Waals surface area contributed by atoms with Gasteiger partial charge in [0.15, 0.2) is 0 Å². The lowest BCUT2D eigenvalue weighted by molar-refractivity contribution is -0.139. The Bertz CT molecular complexity index is 225. The molecule has 0 bridgehead atoms. The van der Waals surface area contributed by atoms with Gasteiger partial charge in [0.1, 0.15) is 6.04 Å². The third-order valence-corrected chi connectivity index (χ3v) is 2.38. The molecule has 1 unspecified atom stereocenters. The number of carboxylic acids is 1. The SMILES string of the molecule is NC(=O)C(C[C@H](N)C(=O)O)C1CC1. The van der Waals surface area contributed by atoms with Gasteiger partial charge in [0.25, 0.3) is 0 Å². The Morgan fingerprint density at radius 2 is 2.00 bits per heavy atom. The number of hydrogen-bond acceptors (Lipinski definition) is 3. The molecule has 2 atom stereocenters. The van der Waals surface area contributed by atoms with Crippen LogP contribution in [0.15, 0.2) is 0 Å². The first-order chi connectivity index (χ1) is 6.02. The molecule has 1 fully saturated rings. The third-order valence-electron chi connectivity index (χ3n) is 2.38. The van der Waals surface area contributed by atoms with Crippen molar-refractivity contribution in [1.29, 1.82) is 0 Å². The highest BCUT2D eigenvalue weighted by molar-refractivity contribution is 5.79. The van der Waals surface area contributed by atoms with Crippen LogP contribution in [0.1, 0.15) is 19.3 Å². The molecule has 0 radical (unpaired) electrons. The summed E-state index contributed by atoms with van der Waals surface area (Å²) in [4.78, 5) is 21.3. The van der Waals surface area contributed by atoms with Crippen molar-refractivity contribution in [1.82, 2.24) is 0 Å². The van der Waals surface area contributed by atoms with Crippen LogP contribution in [0.4, 0.5) is 0 Å². The summed E-state index contributed by atoms with van der Waals surface area (Å²) in [5.41, 5.74) is 10.5. The molecule has 5 N–H and O–H groups in total. The van der Waals surface area contributed by atoms with Crippen molar-refractivity contribution in [2.24, 2.45) is 23.3 Å². The number of amides is 1. The van der Waals surface area contributed by atoms with Gasteiger partial charge < -0.3 is 16.6 Å². The summed E-state index contributed by atoms with van der Waals surface area (Å²) >= 11 is 0. The lowest BCUT2D eigenvalue weighted by Crippen LogP contribution is -2.37. The maximum Gasteiger partial charge on any atom is 0.320 e. The summed E-state index contributed by atoms with van der Waals surface area (Å²) < 4.78 is 0. The van der Waals surface area contributed by atoms with Crippen LogP contribution in [0, 0.1) is 11.8 Å². The summed E-state index contributed by atoms with van der Waals surface area (Å²) in [7, 11) is 0. The predicted octanol–water partition coefficient (Wildman–Crippen LogP) is -0.700. The molecule has 5 nitrogen and oxygen atoms in total.